The van der Waals surface area contributed by atoms with Crippen LogP contribution in [0.15, 0.2) is 0 Å². The Kier molecular flexibility index (Phi) is 2.33. The summed E-state index contributed by atoms with van der Waals surface area (Å²) in [4.78, 5) is 11.0. The highest BCUT2D eigenvalue weighted by Crippen LogP contribution is 2.33. The zero-order valence-electron chi connectivity index (χ0n) is 7.42. The van der Waals surface area contributed by atoms with Crippen molar-refractivity contribution in [3.05, 3.63) is 0 Å². The average Bonchev–Trinajstić information content (AvgIpc) is 2.56. The maximum atomic E-state index is 11.0. The molecule has 0 aromatic rings. The van der Waals surface area contributed by atoms with Gasteiger partial charge in [-0.1, -0.05) is 12.8 Å². The fraction of sp³-hybridized carbons (Fsp3) is 0.900. The highest BCUT2D eigenvalue weighted by molar-refractivity contribution is 5.70. The van der Waals surface area contributed by atoms with E-state index in [0.717, 1.165) is 12.8 Å². The second kappa shape index (κ2) is 3.46. The maximum absolute atomic E-state index is 11.0. The predicted octanol–water partition coefficient (Wildman–Crippen LogP) is 2.27. The van der Waals surface area contributed by atoms with Crippen LogP contribution in [0.4, 0.5) is 0 Å². The molecule has 0 N–H and O–H groups in total. The summed E-state index contributed by atoms with van der Waals surface area (Å²) >= 11 is 0. The van der Waals surface area contributed by atoms with Crippen LogP contribution in [0.5, 0.6) is 0 Å². The number of rotatable bonds is 1. The normalized spacial score (nSPS) is 32.0. The Balaban J connectivity index is 1.89. The first-order chi connectivity index (χ1) is 5.86. The van der Waals surface area contributed by atoms with E-state index in [-0.39, 0.29) is 12.1 Å². The van der Waals surface area contributed by atoms with Crippen molar-refractivity contribution in [2.75, 3.05) is 0 Å². The molecule has 12 heavy (non-hydrogen) atoms. The van der Waals surface area contributed by atoms with Crippen molar-refractivity contribution in [3.63, 3.8) is 0 Å². The molecule has 1 atom stereocenters. The lowest BCUT2D eigenvalue weighted by Crippen LogP contribution is -2.29. The van der Waals surface area contributed by atoms with E-state index in [1.165, 1.54) is 25.7 Å². The Morgan fingerprint density at radius 2 is 1.83 bits per heavy atom. The highest BCUT2D eigenvalue weighted by atomic mass is 16.5. The minimum atomic E-state index is 0.0261. The highest BCUT2D eigenvalue weighted by Gasteiger charge is 2.30. The van der Waals surface area contributed by atoms with Crippen LogP contribution < -0.4 is 0 Å². The van der Waals surface area contributed by atoms with E-state index in [0.29, 0.717) is 12.3 Å². The van der Waals surface area contributed by atoms with E-state index < -0.39 is 0 Å². The van der Waals surface area contributed by atoms with Crippen LogP contribution in [-0.4, -0.2) is 12.1 Å². The molecular weight excluding hydrogens is 152 g/mol. The van der Waals surface area contributed by atoms with Gasteiger partial charge in [-0.2, -0.15) is 0 Å². The Morgan fingerprint density at radius 1 is 1.08 bits per heavy atom. The number of carbonyl (C=O) groups is 1. The van der Waals surface area contributed by atoms with Gasteiger partial charge >= 0.3 is 5.97 Å². The summed E-state index contributed by atoms with van der Waals surface area (Å²) in [5, 5.41) is 0. The summed E-state index contributed by atoms with van der Waals surface area (Å²) in [7, 11) is 0. The molecule has 0 aromatic carbocycles. The van der Waals surface area contributed by atoms with Crippen LogP contribution in [0.1, 0.15) is 44.9 Å². The van der Waals surface area contributed by atoms with E-state index in [2.05, 4.69) is 0 Å². The molecule has 2 rings (SSSR count). The van der Waals surface area contributed by atoms with Gasteiger partial charge in [0.15, 0.2) is 0 Å². The number of ether oxygens (including phenoxy) is 1. The van der Waals surface area contributed by atoms with Gasteiger partial charge in [0, 0.05) is 6.42 Å². The van der Waals surface area contributed by atoms with Gasteiger partial charge in [-0.25, -0.2) is 0 Å². The van der Waals surface area contributed by atoms with Gasteiger partial charge in [0.05, 0.1) is 0 Å². The molecule has 68 valence electrons. The summed E-state index contributed by atoms with van der Waals surface area (Å²) in [6, 6.07) is 0. The van der Waals surface area contributed by atoms with E-state index >= 15 is 0 Å². The lowest BCUT2D eigenvalue weighted by atomic mass is 9.94. The molecule has 0 bridgehead atoms. The van der Waals surface area contributed by atoms with E-state index in [1.807, 2.05) is 0 Å². The van der Waals surface area contributed by atoms with Crippen molar-refractivity contribution < 1.29 is 9.53 Å². The smallest absolute Gasteiger partial charge is 0.306 e. The molecule has 0 amide bonds. The number of hydrogen-bond acceptors (Lipinski definition) is 2. The third-order valence-electron chi connectivity index (χ3n) is 3.08. The largest absolute Gasteiger partial charge is 0.462 e. The summed E-state index contributed by atoms with van der Waals surface area (Å²) in [6.45, 7) is 0. The Hall–Kier alpha value is -0.530. The van der Waals surface area contributed by atoms with Crippen molar-refractivity contribution in [1.29, 1.82) is 0 Å². The third kappa shape index (κ3) is 1.62. The molecule has 2 aliphatic rings. The first-order valence-electron chi connectivity index (χ1n) is 5.06. The molecule has 2 nitrogen and oxygen atoms in total. The first kappa shape index (κ1) is 8.09. The lowest BCUT2D eigenvalue weighted by molar-refractivity contribution is -0.156. The standard InChI is InChI=1S/C10H16O2/c11-10-7-3-6-9(12-10)8-4-1-2-5-8/h8-9H,1-7H2. The molecular formula is C10H16O2. The van der Waals surface area contributed by atoms with E-state index in [9.17, 15) is 4.79 Å². The van der Waals surface area contributed by atoms with Crippen LogP contribution in [-0.2, 0) is 9.53 Å². The molecule has 2 fully saturated rings. The number of cyclic esters (lactones) is 1. The van der Waals surface area contributed by atoms with E-state index in [4.69, 9.17) is 4.74 Å². The Bertz CT molecular complexity index is 171. The quantitative estimate of drug-likeness (QED) is 0.561. The Morgan fingerprint density at radius 3 is 2.50 bits per heavy atom. The first-order valence-corrected chi connectivity index (χ1v) is 5.06. The molecule has 1 aliphatic heterocycles. The maximum Gasteiger partial charge on any atom is 0.306 e. The van der Waals surface area contributed by atoms with Gasteiger partial charge in [-0.3, -0.25) is 4.79 Å². The van der Waals surface area contributed by atoms with Gasteiger partial charge in [-0.05, 0) is 31.6 Å². The van der Waals surface area contributed by atoms with Gasteiger partial charge < -0.3 is 4.74 Å². The minimum Gasteiger partial charge on any atom is -0.462 e. The molecule has 1 saturated heterocycles. The lowest BCUT2D eigenvalue weighted by Gasteiger charge is -2.27. The predicted molar refractivity (Wildman–Crippen MR) is 45.7 cm³/mol. The molecule has 1 aliphatic carbocycles. The van der Waals surface area contributed by atoms with Gasteiger partial charge in [0.25, 0.3) is 0 Å². The second-order valence-corrected chi connectivity index (χ2v) is 3.97. The average molecular weight is 168 g/mol. The Labute approximate surface area is 73.3 Å². The monoisotopic (exact) mass is 168 g/mol. The summed E-state index contributed by atoms with van der Waals surface area (Å²) in [6.07, 6.45) is 8.28. The summed E-state index contributed by atoms with van der Waals surface area (Å²) in [5.41, 5.74) is 0. The van der Waals surface area contributed by atoms with Crippen LogP contribution in [0.25, 0.3) is 0 Å². The molecule has 0 aromatic heterocycles. The zero-order valence-corrected chi connectivity index (χ0v) is 7.42. The SMILES string of the molecule is O=C1CCCC(C2CCCC2)O1. The van der Waals surface area contributed by atoms with Crippen LogP contribution >= 0.6 is 0 Å². The summed E-state index contributed by atoms with van der Waals surface area (Å²) in [5.74, 6) is 0.715. The fourth-order valence-electron chi connectivity index (χ4n) is 2.40. The molecule has 0 spiro atoms. The minimum absolute atomic E-state index is 0.0261. The van der Waals surface area contributed by atoms with Crippen molar-refractivity contribution in [1.82, 2.24) is 0 Å². The van der Waals surface area contributed by atoms with Gasteiger partial charge in [0.2, 0.25) is 0 Å². The second-order valence-electron chi connectivity index (χ2n) is 3.97. The number of hydrogen-bond donors (Lipinski definition) is 0. The topological polar surface area (TPSA) is 26.3 Å². The number of esters is 1. The molecule has 2 heteroatoms. The number of carbonyl (C=O) groups excluding carboxylic acids is 1. The van der Waals surface area contributed by atoms with Crippen LogP contribution in [0, 0.1) is 5.92 Å². The van der Waals surface area contributed by atoms with Crippen LogP contribution in [0.2, 0.25) is 0 Å². The molecule has 1 saturated carbocycles. The zero-order chi connectivity index (χ0) is 8.39. The summed E-state index contributed by atoms with van der Waals surface area (Å²) < 4.78 is 5.33. The van der Waals surface area contributed by atoms with Crippen molar-refractivity contribution in [2.24, 2.45) is 5.92 Å². The van der Waals surface area contributed by atoms with E-state index in [1.54, 1.807) is 0 Å². The van der Waals surface area contributed by atoms with Gasteiger partial charge in [0.1, 0.15) is 6.10 Å². The third-order valence-corrected chi connectivity index (χ3v) is 3.08. The van der Waals surface area contributed by atoms with Crippen molar-refractivity contribution in [2.45, 2.75) is 51.0 Å². The fourth-order valence-corrected chi connectivity index (χ4v) is 2.40. The van der Waals surface area contributed by atoms with Crippen molar-refractivity contribution >= 4 is 5.97 Å². The van der Waals surface area contributed by atoms with Crippen molar-refractivity contribution in [3.8, 4) is 0 Å². The molecule has 0 radical (unpaired) electrons. The van der Waals surface area contributed by atoms with Crippen LogP contribution in [0.3, 0.4) is 0 Å². The van der Waals surface area contributed by atoms with Gasteiger partial charge in [-0.15, -0.1) is 0 Å². The molecule has 1 heterocycles. The molecule has 1 unspecified atom stereocenters.